The third kappa shape index (κ3) is 8.75. The minimum Gasteiger partial charge on any atom is -0.497 e. The monoisotopic (exact) mass is 535 g/mol. The zero-order valence-corrected chi connectivity index (χ0v) is 23.2. The Morgan fingerprint density at radius 3 is 2.00 bits per heavy atom. The van der Waals surface area contributed by atoms with Crippen molar-refractivity contribution in [2.45, 2.75) is 83.2 Å². The van der Waals surface area contributed by atoms with Crippen LogP contribution in [0, 0.1) is 5.92 Å². The van der Waals surface area contributed by atoms with Crippen LogP contribution < -0.4 is 21.1 Å². The normalized spacial score (nSPS) is 16.2. The predicted molar refractivity (Wildman–Crippen MR) is 134 cm³/mol. The minimum absolute atomic E-state index is 0.0827. The van der Waals surface area contributed by atoms with Crippen LogP contribution in [0.2, 0.25) is 18.1 Å². The van der Waals surface area contributed by atoms with Crippen molar-refractivity contribution in [3.05, 3.63) is 29.8 Å². The van der Waals surface area contributed by atoms with E-state index in [1.165, 1.54) is 33.1 Å². The van der Waals surface area contributed by atoms with E-state index in [1.54, 1.807) is 12.1 Å². The summed E-state index contributed by atoms with van der Waals surface area (Å²) >= 11 is 0. The maximum atomic E-state index is 13.2. The van der Waals surface area contributed by atoms with Crippen molar-refractivity contribution in [1.82, 2.24) is 10.6 Å². The van der Waals surface area contributed by atoms with Crippen molar-refractivity contribution in [1.29, 1.82) is 0 Å². The molecule has 5 N–H and O–H groups in total. The van der Waals surface area contributed by atoms with Gasteiger partial charge in [0, 0.05) is 0 Å². The van der Waals surface area contributed by atoms with Gasteiger partial charge in [0.25, 0.3) is 0 Å². The van der Waals surface area contributed by atoms with Crippen molar-refractivity contribution >= 4 is 20.1 Å². The molecule has 36 heavy (non-hydrogen) atoms. The number of hydrogen-bond acceptors (Lipinski definition) is 6. The highest BCUT2D eigenvalue weighted by Crippen LogP contribution is 2.36. The van der Waals surface area contributed by atoms with Crippen LogP contribution in [-0.4, -0.2) is 63.3 Å². The molecule has 0 aromatic heterocycles. The van der Waals surface area contributed by atoms with Gasteiger partial charge in [-0.1, -0.05) is 46.8 Å². The molecule has 0 fully saturated rings. The summed E-state index contributed by atoms with van der Waals surface area (Å²) in [6.45, 7) is 12.9. The van der Waals surface area contributed by atoms with Gasteiger partial charge >= 0.3 is 6.18 Å². The molecule has 12 heteroatoms. The topological polar surface area (TPSA) is 123 Å². The summed E-state index contributed by atoms with van der Waals surface area (Å²) in [6, 6.07) is 1.99. The number of aliphatic hydroxyl groups excluding tert-OH is 1. The fourth-order valence-corrected chi connectivity index (χ4v) is 4.03. The lowest BCUT2D eigenvalue weighted by Crippen LogP contribution is -2.56. The zero-order valence-electron chi connectivity index (χ0n) is 22.2. The maximum Gasteiger partial charge on any atom is 0.416 e. The minimum atomic E-state index is -4.94. The molecule has 0 saturated heterocycles. The fraction of sp³-hybridized carbons (Fsp3) is 0.667. The first-order valence-electron chi connectivity index (χ1n) is 11.7. The number of carbonyl (C=O) groups is 2. The second kappa shape index (κ2) is 12.4. The second-order valence-electron chi connectivity index (χ2n) is 10.7. The zero-order chi connectivity index (χ0) is 28.1. The van der Waals surface area contributed by atoms with E-state index in [2.05, 4.69) is 10.6 Å². The number of hydrogen-bond donors (Lipinski definition) is 4. The summed E-state index contributed by atoms with van der Waals surface area (Å²) in [7, 11) is -0.750. The Balaban J connectivity index is 3.16. The van der Waals surface area contributed by atoms with Crippen molar-refractivity contribution in [3.63, 3.8) is 0 Å². The van der Waals surface area contributed by atoms with Crippen LogP contribution in [-0.2, 0) is 14.0 Å². The molecule has 2 amide bonds. The van der Waals surface area contributed by atoms with E-state index in [0.717, 1.165) is 0 Å². The lowest BCUT2D eigenvalue weighted by molar-refractivity contribution is -0.215. The Kier molecular flexibility index (Phi) is 11.0. The highest BCUT2D eigenvalue weighted by molar-refractivity contribution is 6.74. The molecule has 4 unspecified atom stereocenters. The van der Waals surface area contributed by atoms with E-state index in [9.17, 15) is 27.9 Å². The molecule has 0 radical (unpaired) electrons. The first-order chi connectivity index (χ1) is 16.3. The van der Waals surface area contributed by atoms with Gasteiger partial charge in [0.2, 0.25) is 11.8 Å². The van der Waals surface area contributed by atoms with Crippen molar-refractivity contribution in [2.24, 2.45) is 11.7 Å². The lowest BCUT2D eigenvalue weighted by Gasteiger charge is -2.36. The number of alkyl halides is 3. The molecule has 0 bridgehead atoms. The Hall–Kier alpha value is -2.15. The average Bonchev–Trinajstić information content (AvgIpc) is 2.77. The molecular weight excluding hydrogens is 495 g/mol. The Morgan fingerprint density at radius 2 is 1.58 bits per heavy atom. The van der Waals surface area contributed by atoms with Gasteiger partial charge in [-0.05, 0) is 41.7 Å². The van der Waals surface area contributed by atoms with Gasteiger partial charge in [0.15, 0.2) is 14.4 Å². The van der Waals surface area contributed by atoms with E-state index < -0.39 is 56.5 Å². The molecule has 0 saturated carbocycles. The predicted octanol–water partition coefficient (Wildman–Crippen LogP) is 3.27. The van der Waals surface area contributed by atoms with Crippen LogP contribution in [0.4, 0.5) is 13.2 Å². The van der Waals surface area contributed by atoms with E-state index in [0.29, 0.717) is 11.3 Å². The van der Waals surface area contributed by atoms with E-state index >= 15 is 0 Å². The summed E-state index contributed by atoms with van der Waals surface area (Å²) in [5.41, 5.74) is 6.33. The number of methoxy groups -OCH3 is 1. The number of ether oxygens (including phenoxy) is 1. The van der Waals surface area contributed by atoms with Crippen LogP contribution >= 0.6 is 0 Å². The number of benzene rings is 1. The van der Waals surface area contributed by atoms with Crippen LogP contribution in [0.3, 0.4) is 0 Å². The van der Waals surface area contributed by atoms with E-state index in [-0.39, 0.29) is 11.6 Å². The number of nitrogens with two attached hydrogens (primary N) is 1. The number of nitrogens with one attached hydrogen (secondary N) is 2. The molecule has 4 atom stereocenters. The maximum absolute atomic E-state index is 13.2. The number of halogens is 3. The van der Waals surface area contributed by atoms with Crippen LogP contribution in [0.1, 0.15) is 46.2 Å². The van der Waals surface area contributed by atoms with Crippen molar-refractivity contribution < 1.29 is 37.0 Å². The molecular formula is C24H40F3N3O5Si. The summed E-state index contributed by atoms with van der Waals surface area (Å²) in [5, 5.41) is 14.5. The molecule has 1 aromatic rings. The number of amides is 2. The fourth-order valence-electron chi connectivity index (χ4n) is 3.00. The molecule has 206 valence electrons. The molecule has 0 aliphatic heterocycles. The van der Waals surface area contributed by atoms with Gasteiger partial charge in [-0.3, -0.25) is 9.59 Å². The summed E-state index contributed by atoms with van der Waals surface area (Å²) in [6.07, 6.45) is -7.72. The largest absolute Gasteiger partial charge is 0.497 e. The van der Waals surface area contributed by atoms with Gasteiger partial charge in [-0.15, -0.1) is 0 Å². The third-order valence-electron chi connectivity index (χ3n) is 6.47. The van der Waals surface area contributed by atoms with Gasteiger partial charge in [0.1, 0.15) is 17.8 Å². The van der Waals surface area contributed by atoms with Crippen LogP contribution in [0.15, 0.2) is 24.3 Å². The standard InChI is InChI=1S/C24H40F3N3O5Si/c1-14(2)18(20(31)24(25,26)27)29-22(33)19(15-9-11-16(34-6)12-10-15)30-21(32)17(28)13-35-36(7,8)23(3,4)5/h9-12,14,17-20,31H,13,28H2,1-8H3,(H,29,33)(H,30,32). The summed E-state index contributed by atoms with van der Waals surface area (Å²) < 4.78 is 50.7. The molecule has 1 aromatic carbocycles. The van der Waals surface area contributed by atoms with Gasteiger partial charge in [-0.2, -0.15) is 13.2 Å². The molecule has 0 spiro atoms. The number of rotatable bonds is 11. The first-order valence-corrected chi connectivity index (χ1v) is 14.6. The molecule has 0 aliphatic carbocycles. The lowest BCUT2D eigenvalue weighted by atomic mass is 9.96. The highest BCUT2D eigenvalue weighted by atomic mass is 28.4. The summed E-state index contributed by atoms with van der Waals surface area (Å²) in [4.78, 5) is 26.0. The van der Waals surface area contributed by atoms with E-state index in [4.69, 9.17) is 14.9 Å². The molecule has 1 rings (SSSR count). The van der Waals surface area contributed by atoms with Gasteiger partial charge < -0.3 is 30.6 Å². The van der Waals surface area contributed by atoms with Crippen molar-refractivity contribution in [2.75, 3.05) is 13.7 Å². The van der Waals surface area contributed by atoms with Crippen LogP contribution in [0.25, 0.3) is 0 Å². The average molecular weight is 536 g/mol. The SMILES string of the molecule is COc1ccc(C(NC(=O)C(N)CO[Si](C)(C)C(C)(C)C)C(=O)NC(C(C)C)C(O)C(F)(F)F)cc1. The molecule has 8 nitrogen and oxygen atoms in total. The smallest absolute Gasteiger partial charge is 0.416 e. The first kappa shape index (κ1) is 31.9. The van der Waals surface area contributed by atoms with Crippen molar-refractivity contribution in [3.8, 4) is 5.75 Å². The second-order valence-corrected chi connectivity index (χ2v) is 15.5. The summed E-state index contributed by atoms with van der Waals surface area (Å²) in [5.74, 6) is -1.90. The Labute approximate surface area is 212 Å². The van der Waals surface area contributed by atoms with Gasteiger partial charge in [0.05, 0.1) is 19.8 Å². The van der Waals surface area contributed by atoms with Gasteiger partial charge in [-0.25, -0.2) is 0 Å². The Morgan fingerprint density at radius 1 is 1.06 bits per heavy atom. The van der Waals surface area contributed by atoms with E-state index in [1.807, 2.05) is 33.9 Å². The Bertz CT molecular complexity index is 873. The molecule has 0 heterocycles. The van der Waals surface area contributed by atoms with Crippen LogP contribution in [0.5, 0.6) is 5.75 Å². The highest BCUT2D eigenvalue weighted by Gasteiger charge is 2.46. The quantitative estimate of drug-likeness (QED) is 0.323. The third-order valence-corrected chi connectivity index (χ3v) is 11.0. The number of carbonyl (C=O) groups excluding carboxylic acids is 2. The molecule has 0 aliphatic rings. The number of aliphatic hydroxyl groups is 1.